The normalized spacial score (nSPS) is 15.0. The molecular formula is C14H18N2O3. The molecule has 1 amide bonds. The summed E-state index contributed by atoms with van der Waals surface area (Å²) in [5.74, 6) is -1.31. The molecule has 5 heteroatoms. The van der Waals surface area contributed by atoms with Gasteiger partial charge in [0.25, 0.3) is 5.91 Å². The van der Waals surface area contributed by atoms with Gasteiger partial charge >= 0.3 is 5.97 Å². The number of amides is 1. The Kier molecular flexibility index (Phi) is 4.04. The highest BCUT2D eigenvalue weighted by molar-refractivity contribution is 5.99. The van der Waals surface area contributed by atoms with Crippen LogP contribution >= 0.6 is 0 Å². The summed E-state index contributed by atoms with van der Waals surface area (Å²) >= 11 is 0. The lowest BCUT2D eigenvalue weighted by molar-refractivity contribution is -0.139. The first kappa shape index (κ1) is 13.4. The fourth-order valence-corrected chi connectivity index (χ4v) is 2.30. The molecule has 0 bridgehead atoms. The maximum Gasteiger partial charge on any atom is 0.326 e. The van der Waals surface area contributed by atoms with E-state index in [2.05, 4.69) is 10.6 Å². The summed E-state index contributed by atoms with van der Waals surface area (Å²) in [6.45, 7) is 2.64. The van der Waals surface area contributed by atoms with Crippen LogP contribution in [-0.2, 0) is 11.2 Å². The van der Waals surface area contributed by atoms with Crippen molar-refractivity contribution < 1.29 is 14.7 Å². The predicted octanol–water partition coefficient (Wildman–Crippen LogP) is 1.64. The van der Waals surface area contributed by atoms with Crippen LogP contribution in [0, 0.1) is 0 Å². The van der Waals surface area contributed by atoms with E-state index in [-0.39, 0.29) is 5.91 Å². The largest absolute Gasteiger partial charge is 0.480 e. The van der Waals surface area contributed by atoms with Crippen molar-refractivity contribution in [1.82, 2.24) is 5.32 Å². The highest BCUT2D eigenvalue weighted by atomic mass is 16.4. The Morgan fingerprint density at radius 3 is 2.95 bits per heavy atom. The Labute approximate surface area is 112 Å². The second-order valence-electron chi connectivity index (χ2n) is 4.63. The van der Waals surface area contributed by atoms with Gasteiger partial charge in [-0.25, -0.2) is 4.79 Å². The number of carboxylic acids is 1. The number of carbonyl (C=O) groups excluding carboxylic acids is 1. The van der Waals surface area contributed by atoms with E-state index in [0.29, 0.717) is 12.0 Å². The Hall–Kier alpha value is -2.04. The lowest BCUT2D eigenvalue weighted by Gasteiger charge is -2.21. The third-order valence-corrected chi connectivity index (χ3v) is 3.35. The average Bonchev–Trinajstić information content (AvgIpc) is 2.43. The minimum atomic E-state index is -1.00. The molecule has 0 aromatic heterocycles. The topological polar surface area (TPSA) is 78.4 Å². The molecule has 1 aliphatic rings. The average molecular weight is 262 g/mol. The van der Waals surface area contributed by atoms with Gasteiger partial charge < -0.3 is 15.7 Å². The number of carboxylic acid groups (broad SMARTS) is 1. The molecule has 1 aromatic carbocycles. The van der Waals surface area contributed by atoms with Crippen molar-refractivity contribution >= 4 is 17.6 Å². The second kappa shape index (κ2) is 5.73. The van der Waals surface area contributed by atoms with Crippen LogP contribution in [0.3, 0.4) is 0 Å². The van der Waals surface area contributed by atoms with Crippen LogP contribution in [0.15, 0.2) is 18.2 Å². The molecule has 1 unspecified atom stereocenters. The minimum absolute atomic E-state index is 0.310. The Balaban J connectivity index is 2.22. The molecule has 102 valence electrons. The van der Waals surface area contributed by atoms with Crippen molar-refractivity contribution in [3.05, 3.63) is 29.3 Å². The first-order valence-electron chi connectivity index (χ1n) is 6.53. The molecule has 0 saturated carbocycles. The Morgan fingerprint density at radius 2 is 2.26 bits per heavy atom. The first-order chi connectivity index (χ1) is 9.13. The molecule has 19 heavy (non-hydrogen) atoms. The molecule has 1 aliphatic heterocycles. The highest BCUT2D eigenvalue weighted by Crippen LogP contribution is 2.25. The fraction of sp³-hybridized carbons (Fsp3) is 0.429. The quantitative estimate of drug-likeness (QED) is 0.770. The summed E-state index contributed by atoms with van der Waals surface area (Å²) in [6.07, 6.45) is 2.19. The van der Waals surface area contributed by atoms with Gasteiger partial charge in [0.1, 0.15) is 6.04 Å². The number of hydrogen-bond donors (Lipinski definition) is 3. The standard InChI is InChI=1S/C14H18N2O3/c1-2-11(14(18)19)16-13(17)10-5-3-7-12-9(10)6-4-8-15-12/h3,5,7,11,15H,2,4,6,8H2,1H3,(H,16,17)(H,18,19). The molecule has 1 atom stereocenters. The Bertz CT molecular complexity index is 499. The molecule has 0 spiro atoms. The summed E-state index contributed by atoms with van der Waals surface area (Å²) in [6, 6.07) is 4.67. The monoisotopic (exact) mass is 262 g/mol. The van der Waals surface area contributed by atoms with E-state index >= 15 is 0 Å². The van der Waals surface area contributed by atoms with Crippen molar-refractivity contribution in [3.63, 3.8) is 0 Å². The van der Waals surface area contributed by atoms with Gasteiger partial charge in [-0.2, -0.15) is 0 Å². The highest BCUT2D eigenvalue weighted by Gasteiger charge is 2.22. The van der Waals surface area contributed by atoms with E-state index in [9.17, 15) is 9.59 Å². The van der Waals surface area contributed by atoms with Gasteiger partial charge in [0.05, 0.1) is 0 Å². The maximum atomic E-state index is 12.2. The van der Waals surface area contributed by atoms with Gasteiger partial charge in [0.15, 0.2) is 0 Å². The zero-order valence-electron chi connectivity index (χ0n) is 10.9. The molecule has 3 N–H and O–H groups in total. The number of hydrogen-bond acceptors (Lipinski definition) is 3. The van der Waals surface area contributed by atoms with Crippen molar-refractivity contribution in [2.24, 2.45) is 0 Å². The van der Waals surface area contributed by atoms with E-state index in [0.717, 1.165) is 30.6 Å². The number of rotatable bonds is 4. The van der Waals surface area contributed by atoms with Crippen molar-refractivity contribution in [1.29, 1.82) is 0 Å². The first-order valence-corrected chi connectivity index (χ1v) is 6.53. The zero-order valence-corrected chi connectivity index (χ0v) is 10.9. The SMILES string of the molecule is CCC(NC(=O)c1cccc2c1CCCN2)C(=O)O. The van der Waals surface area contributed by atoms with Crippen molar-refractivity contribution in [2.45, 2.75) is 32.2 Å². The minimum Gasteiger partial charge on any atom is -0.480 e. The van der Waals surface area contributed by atoms with Crippen LogP contribution in [0.1, 0.15) is 35.7 Å². The van der Waals surface area contributed by atoms with Crippen LogP contribution in [0.25, 0.3) is 0 Å². The van der Waals surface area contributed by atoms with Gasteiger partial charge in [-0.15, -0.1) is 0 Å². The molecule has 0 saturated heterocycles. The third kappa shape index (κ3) is 2.86. The van der Waals surface area contributed by atoms with E-state index < -0.39 is 12.0 Å². The van der Waals surface area contributed by atoms with Gasteiger partial charge in [-0.1, -0.05) is 13.0 Å². The second-order valence-corrected chi connectivity index (χ2v) is 4.63. The Morgan fingerprint density at radius 1 is 1.47 bits per heavy atom. The molecule has 1 heterocycles. The number of anilines is 1. The van der Waals surface area contributed by atoms with Gasteiger partial charge in [0.2, 0.25) is 0 Å². The summed E-state index contributed by atoms with van der Waals surface area (Å²) in [5.41, 5.74) is 2.53. The molecular weight excluding hydrogens is 244 g/mol. The number of carbonyl (C=O) groups is 2. The van der Waals surface area contributed by atoms with E-state index in [1.807, 2.05) is 12.1 Å². The number of benzene rings is 1. The van der Waals surface area contributed by atoms with Crippen molar-refractivity contribution in [3.8, 4) is 0 Å². The van der Waals surface area contributed by atoms with Gasteiger partial charge in [-0.3, -0.25) is 4.79 Å². The molecule has 2 rings (SSSR count). The zero-order chi connectivity index (χ0) is 13.8. The summed E-state index contributed by atoms with van der Waals surface area (Å²) in [7, 11) is 0. The number of aliphatic carboxylic acids is 1. The number of nitrogens with one attached hydrogen (secondary N) is 2. The van der Waals surface area contributed by atoms with E-state index in [1.54, 1.807) is 13.0 Å². The molecule has 5 nitrogen and oxygen atoms in total. The van der Waals surface area contributed by atoms with Crippen LogP contribution in [0.5, 0.6) is 0 Å². The molecule has 1 aromatic rings. The number of fused-ring (bicyclic) bond motifs is 1. The lowest BCUT2D eigenvalue weighted by atomic mass is 9.97. The molecule has 0 aliphatic carbocycles. The smallest absolute Gasteiger partial charge is 0.326 e. The predicted molar refractivity (Wildman–Crippen MR) is 72.4 cm³/mol. The van der Waals surface area contributed by atoms with Crippen LogP contribution in [0.2, 0.25) is 0 Å². The van der Waals surface area contributed by atoms with Crippen LogP contribution in [0.4, 0.5) is 5.69 Å². The summed E-state index contributed by atoms with van der Waals surface area (Å²) in [4.78, 5) is 23.1. The van der Waals surface area contributed by atoms with E-state index in [4.69, 9.17) is 5.11 Å². The van der Waals surface area contributed by atoms with Crippen molar-refractivity contribution in [2.75, 3.05) is 11.9 Å². The van der Waals surface area contributed by atoms with Gasteiger partial charge in [0, 0.05) is 17.8 Å². The van der Waals surface area contributed by atoms with Gasteiger partial charge in [-0.05, 0) is 37.0 Å². The van der Waals surface area contributed by atoms with Crippen LogP contribution in [-0.4, -0.2) is 29.6 Å². The summed E-state index contributed by atoms with van der Waals surface area (Å²) < 4.78 is 0. The lowest BCUT2D eigenvalue weighted by Crippen LogP contribution is -2.40. The molecule has 0 radical (unpaired) electrons. The maximum absolute atomic E-state index is 12.2. The molecule has 0 fully saturated rings. The van der Waals surface area contributed by atoms with Crippen LogP contribution < -0.4 is 10.6 Å². The summed E-state index contributed by atoms with van der Waals surface area (Å²) in [5, 5.41) is 14.8. The van der Waals surface area contributed by atoms with E-state index in [1.165, 1.54) is 0 Å². The third-order valence-electron chi connectivity index (χ3n) is 3.35. The fourth-order valence-electron chi connectivity index (χ4n) is 2.30.